The lowest BCUT2D eigenvalue weighted by Crippen LogP contribution is -2.69. The molecule has 1 heterocycles. The van der Waals surface area contributed by atoms with Crippen LogP contribution >= 0.6 is 0 Å². The summed E-state index contributed by atoms with van der Waals surface area (Å²) in [5.41, 5.74) is -1.41. The maximum atomic E-state index is 11.7. The lowest BCUT2D eigenvalue weighted by atomic mass is 9.53. The van der Waals surface area contributed by atoms with Crippen molar-refractivity contribution in [1.29, 1.82) is 0 Å². The molecule has 21 heavy (non-hydrogen) atoms. The van der Waals surface area contributed by atoms with Gasteiger partial charge in [-0.05, 0) is 24.2 Å². The highest BCUT2D eigenvalue weighted by Gasteiger charge is 2.60. The summed E-state index contributed by atoms with van der Waals surface area (Å²) in [6.07, 6.45) is -0.597. The van der Waals surface area contributed by atoms with Gasteiger partial charge in [0.1, 0.15) is 0 Å². The summed E-state index contributed by atoms with van der Waals surface area (Å²) in [5, 5.41) is 19.3. The second-order valence-corrected chi connectivity index (χ2v) is 8.41. The van der Waals surface area contributed by atoms with E-state index in [9.17, 15) is 19.8 Å². The third-order valence-electron chi connectivity index (χ3n) is 5.23. The lowest BCUT2D eigenvalue weighted by Gasteiger charge is -2.61. The number of aliphatic carboxylic acids is 1. The normalized spacial score (nSPS) is 31.1. The van der Waals surface area contributed by atoms with Crippen LogP contribution in [-0.2, 0) is 4.79 Å². The number of carboxylic acid groups (broad SMARTS) is 2. The van der Waals surface area contributed by atoms with E-state index in [4.69, 9.17) is 0 Å². The van der Waals surface area contributed by atoms with Crippen LogP contribution in [0, 0.1) is 22.7 Å². The topological polar surface area (TPSA) is 77.8 Å². The molecule has 1 amide bonds. The molecule has 0 aromatic heterocycles. The fourth-order valence-corrected chi connectivity index (χ4v) is 4.11. The molecular formula is C16H29NO4. The van der Waals surface area contributed by atoms with E-state index in [-0.39, 0.29) is 23.3 Å². The second-order valence-electron chi connectivity index (χ2n) is 8.41. The van der Waals surface area contributed by atoms with Crippen molar-refractivity contribution in [3.05, 3.63) is 0 Å². The Kier molecular flexibility index (Phi) is 4.39. The molecule has 5 nitrogen and oxygen atoms in total. The van der Waals surface area contributed by atoms with Crippen LogP contribution in [0.25, 0.3) is 0 Å². The van der Waals surface area contributed by atoms with Gasteiger partial charge in [0.05, 0.1) is 11.5 Å². The Morgan fingerprint density at radius 1 is 1.10 bits per heavy atom. The van der Waals surface area contributed by atoms with Gasteiger partial charge in [-0.1, -0.05) is 41.5 Å². The minimum atomic E-state index is -0.967. The van der Waals surface area contributed by atoms with Gasteiger partial charge in [-0.2, -0.15) is 0 Å². The quantitative estimate of drug-likeness (QED) is 0.776. The van der Waals surface area contributed by atoms with E-state index in [2.05, 4.69) is 0 Å². The second kappa shape index (κ2) is 5.18. The molecule has 2 N–H and O–H groups in total. The summed E-state index contributed by atoms with van der Waals surface area (Å²) in [4.78, 5) is 24.9. The molecule has 0 aromatic rings. The van der Waals surface area contributed by atoms with Gasteiger partial charge < -0.3 is 15.1 Å². The summed E-state index contributed by atoms with van der Waals surface area (Å²) in [6.45, 7) is 14.2. The van der Waals surface area contributed by atoms with E-state index in [1.54, 1.807) is 0 Å². The fourth-order valence-electron chi connectivity index (χ4n) is 4.11. The first kappa shape index (κ1) is 17.8. The van der Waals surface area contributed by atoms with Crippen molar-refractivity contribution in [2.75, 3.05) is 6.54 Å². The number of nitrogens with zero attached hydrogens (tertiary/aromatic N) is 1. The standard InChI is InChI=1S/C16H29NO4/c1-14(2,3)11-10(12(18)19)8-9-17(13(20)21)16(11,7)15(4,5)6/h10-11H,8-9H2,1-7H3,(H,18,19)(H,20,21)/t10-,11?,16-/m1/s1. The summed E-state index contributed by atoms with van der Waals surface area (Å²) >= 11 is 0. The zero-order chi connectivity index (χ0) is 16.8. The van der Waals surface area contributed by atoms with Gasteiger partial charge in [0.15, 0.2) is 0 Å². The molecule has 1 aliphatic heterocycles. The van der Waals surface area contributed by atoms with Gasteiger partial charge in [-0.3, -0.25) is 4.79 Å². The maximum Gasteiger partial charge on any atom is 0.407 e. The molecule has 0 bridgehead atoms. The molecule has 3 atom stereocenters. The van der Waals surface area contributed by atoms with Crippen LogP contribution in [0.15, 0.2) is 0 Å². The number of rotatable bonds is 1. The van der Waals surface area contributed by atoms with Crippen molar-refractivity contribution in [3.63, 3.8) is 0 Å². The summed E-state index contributed by atoms with van der Waals surface area (Å²) in [7, 11) is 0. The molecule has 0 saturated carbocycles. The Bertz CT molecular complexity index is 433. The Morgan fingerprint density at radius 3 is 1.86 bits per heavy atom. The van der Waals surface area contributed by atoms with E-state index in [0.29, 0.717) is 6.42 Å². The van der Waals surface area contributed by atoms with E-state index < -0.39 is 23.5 Å². The molecule has 5 heteroatoms. The Labute approximate surface area is 127 Å². The van der Waals surface area contributed by atoms with E-state index in [1.165, 1.54) is 4.90 Å². The van der Waals surface area contributed by atoms with Gasteiger partial charge >= 0.3 is 12.1 Å². The van der Waals surface area contributed by atoms with Crippen molar-refractivity contribution >= 4 is 12.1 Å². The SMILES string of the molecule is CC(C)(C)C1[C@H](C(=O)O)CCN(C(=O)O)[C@@]1(C)C(C)(C)C. The zero-order valence-electron chi connectivity index (χ0n) is 14.2. The van der Waals surface area contributed by atoms with Gasteiger partial charge in [0.2, 0.25) is 0 Å². The molecular weight excluding hydrogens is 270 g/mol. The van der Waals surface area contributed by atoms with Crippen molar-refractivity contribution in [2.45, 2.75) is 60.4 Å². The van der Waals surface area contributed by atoms with Crippen LogP contribution in [0.5, 0.6) is 0 Å². The predicted molar refractivity (Wildman–Crippen MR) is 81.3 cm³/mol. The van der Waals surface area contributed by atoms with Crippen LogP contribution in [0.4, 0.5) is 4.79 Å². The van der Waals surface area contributed by atoms with E-state index in [1.807, 2.05) is 48.5 Å². The van der Waals surface area contributed by atoms with Gasteiger partial charge in [-0.15, -0.1) is 0 Å². The smallest absolute Gasteiger partial charge is 0.407 e. The van der Waals surface area contributed by atoms with Crippen LogP contribution < -0.4 is 0 Å². The molecule has 122 valence electrons. The maximum absolute atomic E-state index is 11.7. The summed E-state index contributed by atoms with van der Waals surface area (Å²) in [6, 6.07) is 0. The van der Waals surface area contributed by atoms with Gasteiger partial charge in [0.25, 0.3) is 0 Å². The van der Waals surface area contributed by atoms with Crippen LogP contribution in [0.1, 0.15) is 54.9 Å². The largest absolute Gasteiger partial charge is 0.481 e. The number of carbonyl (C=O) groups is 2. The minimum Gasteiger partial charge on any atom is -0.481 e. The number of amides is 1. The lowest BCUT2D eigenvalue weighted by molar-refractivity contribution is -0.164. The average Bonchev–Trinajstić information content (AvgIpc) is 2.24. The van der Waals surface area contributed by atoms with Crippen molar-refractivity contribution in [2.24, 2.45) is 22.7 Å². The molecule has 0 radical (unpaired) electrons. The Morgan fingerprint density at radius 2 is 1.57 bits per heavy atom. The number of hydrogen-bond donors (Lipinski definition) is 2. The van der Waals surface area contributed by atoms with Crippen molar-refractivity contribution < 1.29 is 19.8 Å². The van der Waals surface area contributed by atoms with Crippen molar-refractivity contribution in [3.8, 4) is 0 Å². The monoisotopic (exact) mass is 299 g/mol. The third kappa shape index (κ3) is 2.87. The molecule has 1 fully saturated rings. The first-order chi connectivity index (χ1) is 9.24. The number of piperidine rings is 1. The molecule has 1 aliphatic rings. The molecule has 0 aliphatic carbocycles. The van der Waals surface area contributed by atoms with Crippen LogP contribution in [0.3, 0.4) is 0 Å². The first-order valence-electron chi connectivity index (χ1n) is 7.48. The first-order valence-corrected chi connectivity index (χ1v) is 7.48. The Hall–Kier alpha value is -1.26. The number of likely N-dealkylation sites (tertiary alicyclic amines) is 1. The highest BCUT2D eigenvalue weighted by Crippen LogP contribution is 2.54. The average molecular weight is 299 g/mol. The Balaban J connectivity index is 3.55. The van der Waals surface area contributed by atoms with Gasteiger partial charge in [0, 0.05) is 12.5 Å². The van der Waals surface area contributed by atoms with Crippen LogP contribution in [0.2, 0.25) is 0 Å². The highest BCUT2D eigenvalue weighted by molar-refractivity contribution is 5.73. The minimum absolute atomic E-state index is 0.257. The van der Waals surface area contributed by atoms with Crippen molar-refractivity contribution in [1.82, 2.24) is 4.90 Å². The summed E-state index contributed by atoms with van der Waals surface area (Å²) < 4.78 is 0. The molecule has 1 rings (SSSR count). The van der Waals surface area contributed by atoms with Gasteiger partial charge in [-0.25, -0.2) is 4.79 Å². The number of hydrogen-bond acceptors (Lipinski definition) is 2. The molecule has 0 aromatic carbocycles. The summed E-state index contributed by atoms with van der Waals surface area (Å²) in [5.74, 6) is -1.60. The highest BCUT2D eigenvalue weighted by atomic mass is 16.4. The third-order valence-corrected chi connectivity index (χ3v) is 5.23. The number of carboxylic acids is 1. The molecule has 0 spiro atoms. The van der Waals surface area contributed by atoms with E-state index >= 15 is 0 Å². The fraction of sp³-hybridized carbons (Fsp3) is 0.875. The zero-order valence-corrected chi connectivity index (χ0v) is 14.2. The predicted octanol–water partition coefficient (Wildman–Crippen LogP) is 3.54. The van der Waals surface area contributed by atoms with Crippen LogP contribution in [-0.4, -0.2) is 39.3 Å². The van der Waals surface area contributed by atoms with E-state index in [0.717, 1.165) is 0 Å². The molecule has 1 unspecified atom stereocenters. The molecule has 1 saturated heterocycles.